The Morgan fingerprint density at radius 3 is 2.54 bits per heavy atom. The molecule has 0 aromatic heterocycles. The van der Waals surface area contributed by atoms with Gasteiger partial charge in [-0.15, -0.1) is 0 Å². The van der Waals surface area contributed by atoms with Gasteiger partial charge < -0.3 is 4.74 Å². The van der Waals surface area contributed by atoms with Crippen LogP contribution in [-0.2, 0) is 4.79 Å². The van der Waals surface area contributed by atoms with Crippen molar-refractivity contribution in [2.75, 3.05) is 6.61 Å². The number of ether oxygens (including phenoxy) is 1. The zero-order valence-electron chi connectivity index (χ0n) is 14.9. The van der Waals surface area contributed by atoms with Crippen LogP contribution in [0.4, 0.5) is 13.2 Å². The second kappa shape index (κ2) is 6.46. The monoisotopic (exact) mass is 366 g/mol. The molecular weight excluding hydrogens is 345 g/mol. The maximum Gasteiger partial charge on any atom is 0.409 e. The Balaban J connectivity index is 2.23. The first kappa shape index (κ1) is 18.5. The van der Waals surface area contributed by atoms with Crippen LogP contribution in [0.5, 0.6) is 5.75 Å². The van der Waals surface area contributed by atoms with Gasteiger partial charge in [-0.25, -0.2) is 0 Å². The second-order valence-corrected chi connectivity index (χ2v) is 7.00. The number of rotatable bonds is 4. The third-order valence-corrected chi connectivity index (χ3v) is 4.53. The quantitative estimate of drug-likeness (QED) is 0.874. The molecule has 0 saturated carbocycles. The molecule has 1 aliphatic heterocycles. The van der Waals surface area contributed by atoms with E-state index in [2.05, 4.69) is 5.43 Å². The largest absolute Gasteiger partial charge is 0.494 e. The summed E-state index contributed by atoms with van der Waals surface area (Å²) < 4.78 is 47.9. The summed E-state index contributed by atoms with van der Waals surface area (Å²) in [7, 11) is 0. The maximum atomic E-state index is 14.1. The summed E-state index contributed by atoms with van der Waals surface area (Å²) in [6, 6.07) is 8.05. The predicted octanol–water partition coefficient (Wildman–Crippen LogP) is 4.36. The number of carbonyl (C=O) groups is 1. The minimum Gasteiger partial charge on any atom is -0.494 e. The fourth-order valence-electron chi connectivity index (χ4n) is 3.47. The van der Waals surface area contributed by atoms with Crippen LogP contribution in [0.1, 0.15) is 38.8 Å². The number of nitrogens with zero attached hydrogens (tertiary/aromatic N) is 1. The summed E-state index contributed by atoms with van der Waals surface area (Å²) in [5.74, 6) is -0.0479. The van der Waals surface area contributed by atoms with Crippen LogP contribution in [0.3, 0.4) is 0 Å². The number of hydrogen-bond donors (Lipinski definition) is 1. The van der Waals surface area contributed by atoms with E-state index in [4.69, 9.17) is 4.74 Å². The van der Waals surface area contributed by atoms with Gasteiger partial charge in [-0.2, -0.15) is 18.2 Å². The molecule has 3 rings (SSSR count). The first-order valence-electron chi connectivity index (χ1n) is 8.44. The Hall–Kier alpha value is -2.28. The molecule has 140 valence electrons. The molecule has 2 aromatic carbocycles. The summed E-state index contributed by atoms with van der Waals surface area (Å²) in [4.78, 5) is 11.8. The van der Waals surface area contributed by atoms with Crippen LogP contribution in [0.15, 0.2) is 36.4 Å². The zero-order valence-corrected chi connectivity index (χ0v) is 14.9. The normalized spacial score (nSPS) is 18.8. The molecule has 7 heteroatoms. The van der Waals surface area contributed by atoms with E-state index >= 15 is 0 Å². The minimum absolute atomic E-state index is 0.00264. The molecule has 1 amide bonds. The van der Waals surface area contributed by atoms with Crippen molar-refractivity contribution in [1.29, 1.82) is 0 Å². The zero-order chi connectivity index (χ0) is 19.1. The molecule has 0 aliphatic carbocycles. The summed E-state index contributed by atoms with van der Waals surface area (Å²) in [6.45, 7) is 5.37. The molecule has 1 fully saturated rings. The van der Waals surface area contributed by atoms with Gasteiger partial charge in [0.15, 0.2) is 6.04 Å². The lowest BCUT2D eigenvalue weighted by atomic mass is 9.93. The second-order valence-electron chi connectivity index (χ2n) is 7.00. The Bertz CT molecular complexity index is 833. The summed E-state index contributed by atoms with van der Waals surface area (Å²) >= 11 is 0. The Morgan fingerprint density at radius 1 is 1.27 bits per heavy atom. The van der Waals surface area contributed by atoms with Gasteiger partial charge in [0.1, 0.15) is 5.75 Å². The Labute approximate surface area is 149 Å². The van der Waals surface area contributed by atoms with Crippen molar-refractivity contribution in [3.63, 3.8) is 0 Å². The van der Waals surface area contributed by atoms with Crippen LogP contribution in [0.25, 0.3) is 10.8 Å². The van der Waals surface area contributed by atoms with Gasteiger partial charge in [0.2, 0.25) is 5.91 Å². The van der Waals surface area contributed by atoms with Crippen LogP contribution in [0, 0.1) is 0 Å². The highest BCUT2D eigenvalue weighted by atomic mass is 19.4. The van der Waals surface area contributed by atoms with Gasteiger partial charge in [-0.3, -0.25) is 10.2 Å². The van der Waals surface area contributed by atoms with Crippen LogP contribution in [-0.4, -0.2) is 29.2 Å². The van der Waals surface area contributed by atoms with Crippen LogP contribution in [0.2, 0.25) is 0 Å². The average molecular weight is 366 g/mol. The number of carbonyl (C=O) groups excluding carboxylic acids is 1. The third-order valence-electron chi connectivity index (χ3n) is 4.53. The standard InChI is InChI=1S/C19H21F3N2O2/c1-4-26-13-9-12-7-5-6-8-14(12)15(10-13)17(19(20,21)22)24-18(2,3)11-16(25)23-24/h5-10,17H,4,11H2,1-3H3,(H,23,25). The van der Waals surface area contributed by atoms with Crippen molar-refractivity contribution in [3.8, 4) is 5.75 Å². The summed E-state index contributed by atoms with van der Waals surface area (Å²) in [5, 5.41) is 2.16. The fourth-order valence-corrected chi connectivity index (χ4v) is 3.47. The highest BCUT2D eigenvalue weighted by Crippen LogP contribution is 2.45. The first-order chi connectivity index (χ1) is 12.1. The van der Waals surface area contributed by atoms with Gasteiger partial charge >= 0.3 is 6.18 Å². The molecule has 0 radical (unpaired) electrons. The van der Waals surface area contributed by atoms with E-state index in [-0.39, 0.29) is 12.0 Å². The number of hydrogen-bond acceptors (Lipinski definition) is 3. The van der Waals surface area contributed by atoms with E-state index in [0.29, 0.717) is 23.1 Å². The first-order valence-corrected chi connectivity index (χ1v) is 8.44. The van der Waals surface area contributed by atoms with E-state index < -0.39 is 23.7 Å². The van der Waals surface area contributed by atoms with Gasteiger partial charge in [-0.1, -0.05) is 24.3 Å². The Morgan fingerprint density at radius 2 is 1.96 bits per heavy atom. The van der Waals surface area contributed by atoms with Crippen molar-refractivity contribution in [1.82, 2.24) is 10.4 Å². The van der Waals surface area contributed by atoms with Gasteiger partial charge in [0.05, 0.1) is 6.61 Å². The highest BCUT2D eigenvalue weighted by Gasteiger charge is 2.53. The number of alkyl halides is 3. The van der Waals surface area contributed by atoms with Gasteiger partial charge in [-0.05, 0) is 49.2 Å². The summed E-state index contributed by atoms with van der Waals surface area (Å²) in [5.41, 5.74) is 1.49. The Kier molecular flexibility index (Phi) is 4.60. The molecule has 0 bridgehead atoms. The molecule has 1 aliphatic rings. The topological polar surface area (TPSA) is 41.6 Å². The van der Waals surface area contributed by atoms with E-state index in [1.165, 1.54) is 6.07 Å². The third kappa shape index (κ3) is 3.35. The average Bonchev–Trinajstić information content (AvgIpc) is 2.79. The van der Waals surface area contributed by atoms with Gasteiger partial charge in [0, 0.05) is 12.0 Å². The molecular formula is C19H21F3N2O2. The van der Waals surface area contributed by atoms with Crippen molar-refractivity contribution in [3.05, 3.63) is 42.0 Å². The van der Waals surface area contributed by atoms with E-state index in [1.54, 1.807) is 51.1 Å². The smallest absolute Gasteiger partial charge is 0.409 e. The van der Waals surface area contributed by atoms with Crippen molar-refractivity contribution < 1.29 is 22.7 Å². The molecule has 1 heterocycles. The lowest BCUT2D eigenvalue weighted by molar-refractivity contribution is -0.203. The summed E-state index contributed by atoms with van der Waals surface area (Å²) in [6.07, 6.45) is -4.58. The van der Waals surface area contributed by atoms with E-state index in [9.17, 15) is 18.0 Å². The lowest BCUT2D eigenvalue weighted by Gasteiger charge is -2.38. The van der Waals surface area contributed by atoms with E-state index in [1.807, 2.05) is 0 Å². The highest BCUT2D eigenvalue weighted by molar-refractivity contribution is 5.88. The predicted molar refractivity (Wildman–Crippen MR) is 92.6 cm³/mol. The van der Waals surface area contributed by atoms with Gasteiger partial charge in [0.25, 0.3) is 0 Å². The SMILES string of the molecule is CCOc1cc(C(N2NC(=O)CC2(C)C)C(F)(F)F)c2ccccc2c1. The molecule has 1 saturated heterocycles. The van der Waals surface area contributed by atoms with Crippen molar-refractivity contribution in [2.45, 2.75) is 44.9 Å². The number of benzene rings is 2. The number of amides is 1. The molecule has 2 aromatic rings. The molecule has 1 unspecified atom stereocenters. The molecule has 1 atom stereocenters. The molecule has 26 heavy (non-hydrogen) atoms. The number of halogens is 3. The van der Waals surface area contributed by atoms with E-state index in [0.717, 1.165) is 5.01 Å². The molecule has 1 N–H and O–H groups in total. The lowest BCUT2D eigenvalue weighted by Crippen LogP contribution is -2.51. The maximum absolute atomic E-state index is 14.1. The number of nitrogens with one attached hydrogen (secondary N) is 1. The molecule has 4 nitrogen and oxygen atoms in total. The van der Waals surface area contributed by atoms with Crippen LogP contribution < -0.4 is 10.2 Å². The fraction of sp³-hybridized carbons (Fsp3) is 0.421. The number of hydrazine groups is 1. The minimum atomic E-state index is -4.58. The van der Waals surface area contributed by atoms with Crippen LogP contribution >= 0.6 is 0 Å². The number of fused-ring (bicyclic) bond motifs is 1. The van der Waals surface area contributed by atoms with Crippen molar-refractivity contribution >= 4 is 16.7 Å². The molecule has 0 spiro atoms. The van der Waals surface area contributed by atoms with Crippen molar-refractivity contribution in [2.24, 2.45) is 0 Å².